The van der Waals surface area contributed by atoms with E-state index < -0.39 is 18.2 Å². The van der Waals surface area contributed by atoms with Gasteiger partial charge in [0, 0.05) is 17.8 Å². The second-order valence-corrected chi connectivity index (χ2v) is 9.52. The molecular weight excluding hydrogens is 639 g/mol. The van der Waals surface area contributed by atoms with Crippen LogP contribution in [0.1, 0.15) is 82.1 Å². The Balaban J connectivity index is -0.000000116. The van der Waals surface area contributed by atoms with E-state index in [1.54, 1.807) is 24.3 Å². The first-order chi connectivity index (χ1) is 21.5. The fourth-order valence-corrected chi connectivity index (χ4v) is 2.67. The molecule has 0 amide bonds. The zero-order chi connectivity index (χ0) is 37.9. The van der Waals surface area contributed by atoms with Crippen molar-refractivity contribution in [3.63, 3.8) is 0 Å². The lowest BCUT2D eigenvalue weighted by atomic mass is 10.0. The van der Waals surface area contributed by atoms with Crippen molar-refractivity contribution in [2.45, 2.75) is 93.6 Å². The van der Waals surface area contributed by atoms with Crippen LogP contribution in [0.4, 0.5) is 23.2 Å². The lowest BCUT2D eigenvalue weighted by Gasteiger charge is -2.25. The van der Waals surface area contributed by atoms with E-state index in [0.29, 0.717) is 15.8 Å². The number of halogens is 6. The van der Waals surface area contributed by atoms with Crippen LogP contribution in [-0.4, -0.2) is 37.5 Å². The Morgan fingerprint density at radius 1 is 1.11 bits per heavy atom. The van der Waals surface area contributed by atoms with E-state index in [1.807, 2.05) is 65.8 Å². The predicted octanol–water partition coefficient (Wildman–Crippen LogP) is 11.9. The van der Waals surface area contributed by atoms with E-state index in [4.69, 9.17) is 33.0 Å². The summed E-state index contributed by atoms with van der Waals surface area (Å²) >= 11 is 11.7. The quantitative estimate of drug-likeness (QED) is 0.0513. The number of hydrogen-bond acceptors (Lipinski definition) is 4. The first-order valence-corrected chi connectivity index (χ1v) is 15.3. The van der Waals surface area contributed by atoms with Crippen molar-refractivity contribution in [3.8, 4) is 12.8 Å². The molecule has 1 rings (SSSR count). The van der Waals surface area contributed by atoms with Crippen LogP contribution in [0.5, 0.6) is 0 Å². The van der Waals surface area contributed by atoms with E-state index in [9.17, 15) is 17.6 Å². The molecule has 266 valence electrons. The molecule has 0 saturated heterocycles. The standard InChI is InChI=1S/C11H15FN2.C10H12Cl2O.C5H9F3O.C3H8.C3H6.C2H6.C2H2/c1-4-9(2)14(13-3)11-7-5-10(12)6-8-11;1-4-6-8(11)7-9(12)10(5-2)13-3;1-4(2,9)5(7,8)3-6;2*1-3-2;2*1-2/h4-8,13H,1-3H3;6-7H,2,4H2,1,3H3;9H,3H2,1-2H3;3H2,1-2H3;3H,1H2,2H3;1-2H3;1-2H/b9-4-;8-6+,9-7+;;;;;. The monoisotopic (exact) mass is 696 g/mol. The molecule has 0 saturated carbocycles. The molecule has 4 nitrogen and oxygen atoms in total. The highest BCUT2D eigenvalue weighted by atomic mass is 35.5. The number of aliphatic hydroxyl groups is 1. The number of hydrazine groups is 1. The third kappa shape index (κ3) is 31.1. The molecule has 0 aliphatic heterocycles. The van der Waals surface area contributed by atoms with Gasteiger partial charge in [-0.05, 0) is 71.4 Å². The van der Waals surface area contributed by atoms with Crippen LogP contribution in [0.15, 0.2) is 89.0 Å². The van der Waals surface area contributed by atoms with E-state index in [2.05, 4.69) is 51.0 Å². The molecule has 0 aliphatic carbocycles. The van der Waals surface area contributed by atoms with Crippen molar-refractivity contribution >= 4 is 28.9 Å². The number of rotatable bonds is 9. The van der Waals surface area contributed by atoms with Crippen LogP contribution >= 0.6 is 23.2 Å². The third-order valence-corrected chi connectivity index (χ3v) is 4.93. The highest BCUT2D eigenvalue weighted by Gasteiger charge is 2.45. The average molecular weight is 698 g/mol. The van der Waals surface area contributed by atoms with Gasteiger partial charge in [0.1, 0.15) is 11.4 Å². The number of ether oxygens (including phenoxy) is 1. The minimum absolute atomic E-state index is 0.220. The number of allylic oxidation sites excluding steroid dienone is 7. The summed E-state index contributed by atoms with van der Waals surface area (Å²) in [7, 11) is 3.33. The zero-order valence-corrected chi connectivity index (χ0v) is 31.4. The van der Waals surface area contributed by atoms with E-state index in [1.165, 1.54) is 25.7 Å². The molecule has 46 heavy (non-hydrogen) atoms. The highest BCUT2D eigenvalue weighted by Crippen LogP contribution is 2.28. The van der Waals surface area contributed by atoms with Gasteiger partial charge in [0.2, 0.25) is 0 Å². The van der Waals surface area contributed by atoms with Gasteiger partial charge in [0.05, 0.1) is 17.8 Å². The minimum Gasteiger partial charge on any atom is -0.488 e. The molecular formula is C36H58Cl2F4N2O2. The van der Waals surface area contributed by atoms with Gasteiger partial charge in [0.25, 0.3) is 0 Å². The molecule has 0 heterocycles. The zero-order valence-electron chi connectivity index (χ0n) is 29.9. The SMILES string of the molecule is C#C.C/C=C(/C)N(NC)c1ccc(F)cc1.C=C=C(OC)/C(Cl)=C\C(Cl)=C/CC.C=CC.CC.CC(C)(O)C(F)(F)CF.CCC. The molecule has 0 unspecified atom stereocenters. The van der Waals surface area contributed by atoms with Crippen LogP contribution < -0.4 is 10.4 Å². The second-order valence-electron chi connectivity index (χ2n) is 8.68. The summed E-state index contributed by atoms with van der Waals surface area (Å²) in [4.78, 5) is 0. The molecule has 10 heteroatoms. The van der Waals surface area contributed by atoms with E-state index in [-0.39, 0.29) is 5.82 Å². The predicted molar refractivity (Wildman–Crippen MR) is 195 cm³/mol. The third-order valence-electron chi connectivity index (χ3n) is 4.39. The first-order valence-electron chi connectivity index (χ1n) is 14.6. The van der Waals surface area contributed by atoms with Gasteiger partial charge in [-0.1, -0.05) is 94.8 Å². The molecule has 0 radical (unpaired) electrons. The van der Waals surface area contributed by atoms with Crippen LogP contribution in [0.3, 0.4) is 0 Å². The Labute approximate surface area is 288 Å². The lowest BCUT2D eigenvalue weighted by Crippen LogP contribution is -2.44. The van der Waals surface area contributed by atoms with Crippen LogP contribution in [0, 0.1) is 18.7 Å². The van der Waals surface area contributed by atoms with Crippen molar-refractivity contribution < 1.29 is 27.4 Å². The summed E-state index contributed by atoms with van der Waals surface area (Å²) in [6, 6.07) is 6.36. The number of nitrogens with zero attached hydrogens (tertiary/aromatic N) is 1. The topological polar surface area (TPSA) is 44.7 Å². The van der Waals surface area contributed by atoms with Gasteiger partial charge in [-0.3, -0.25) is 5.01 Å². The normalized spacial score (nSPS) is 10.6. The number of hydrogen-bond donors (Lipinski definition) is 2. The fourth-order valence-electron chi connectivity index (χ4n) is 2.09. The summed E-state index contributed by atoms with van der Waals surface area (Å²) in [6.07, 6.45) is 17.3. The second kappa shape index (κ2) is 36.5. The van der Waals surface area contributed by atoms with Crippen LogP contribution in [0.25, 0.3) is 0 Å². The molecule has 0 aliphatic rings. The van der Waals surface area contributed by atoms with E-state index in [0.717, 1.165) is 31.7 Å². The summed E-state index contributed by atoms with van der Waals surface area (Å²) in [6.45, 7) is 22.8. The Hall–Kier alpha value is -2.92. The summed E-state index contributed by atoms with van der Waals surface area (Å²) in [5, 5.41) is 11.4. The largest absolute Gasteiger partial charge is 0.488 e. The van der Waals surface area contributed by atoms with E-state index >= 15 is 0 Å². The van der Waals surface area contributed by atoms with Crippen LogP contribution in [0.2, 0.25) is 0 Å². The van der Waals surface area contributed by atoms with Gasteiger partial charge >= 0.3 is 5.92 Å². The summed E-state index contributed by atoms with van der Waals surface area (Å²) < 4.78 is 53.0. The summed E-state index contributed by atoms with van der Waals surface area (Å²) in [5.74, 6) is -3.46. The van der Waals surface area contributed by atoms with Gasteiger partial charge in [-0.2, -0.15) is 0 Å². The highest BCUT2D eigenvalue weighted by molar-refractivity contribution is 6.35. The number of alkyl halides is 3. The maximum Gasteiger partial charge on any atom is 0.303 e. The fraction of sp³-hybridized carbons (Fsp3) is 0.472. The first kappa shape index (κ1) is 55.5. The molecule has 2 N–H and O–H groups in total. The smallest absolute Gasteiger partial charge is 0.303 e. The molecule has 1 aromatic rings. The van der Waals surface area contributed by atoms with Crippen molar-refractivity contribution in [1.82, 2.24) is 5.43 Å². The number of anilines is 1. The van der Waals surface area contributed by atoms with Gasteiger partial charge in [-0.15, -0.1) is 19.4 Å². The van der Waals surface area contributed by atoms with Gasteiger partial charge in [0.15, 0.2) is 12.4 Å². The average Bonchev–Trinajstić information content (AvgIpc) is 3.02. The Morgan fingerprint density at radius 2 is 1.52 bits per heavy atom. The maximum absolute atomic E-state index is 12.7. The van der Waals surface area contributed by atoms with Gasteiger partial charge < -0.3 is 9.84 Å². The Bertz CT molecular complexity index is 1020. The number of nitrogens with one attached hydrogen (secondary N) is 1. The number of methoxy groups -OCH3 is 1. The molecule has 1 aromatic carbocycles. The van der Waals surface area contributed by atoms with Crippen molar-refractivity contribution in [2.24, 2.45) is 0 Å². The molecule has 0 atom stereocenters. The van der Waals surface area contributed by atoms with Gasteiger partial charge in [-0.25, -0.2) is 23.0 Å². The maximum atomic E-state index is 12.7. The summed E-state index contributed by atoms with van der Waals surface area (Å²) in [5.41, 5.74) is 5.32. The van der Waals surface area contributed by atoms with Crippen molar-refractivity contribution in [1.29, 1.82) is 0 Å². The molecule has 0 bridgehead atoms. The Morgan fingerprint density at radius 3 is 1.76 bits per heavy atom. The number of terminal acetylenes is 1. The van der Waals surface area contributed by atoms with Crippen molar-refractivity contribution in [3.05, 3.63) is 94.8 Å². The molecule has 0 fully saturated rings. The van der Waals surface area contributed by atoms with Crippen LogP contribution in [-0.2, 0) is 4.74 Å². The van der Waals surface area contributed by atoms with Crippen molar-refractivity contribution in [2.75, 3.05) is 25.8 Å². The Kier molecular flexibility index (Phi) is 44.1. The molecule has 0 spiro atoms. The lowest BCUT2D eigenvalue weighted by molar-refractivity contribution is -0.170. The number of benzene rings is 1. The minimum atomic E-state index is -3.63. The molecule has 0 aromatic heterocycles.